The lowest BCUT2D eigenvalue weighted by Crippen LogP contribution is -2.35. The molecule has 1 aliphatic rings. The van der Waals surface area contributed by atoms with E-state index in [1.54, 1.807) is 48.9 Å². The van der Waals surface area contributed by atoms with Gasteiger partial charge in [0, 0.05) is 46.1 Å². The number of hydrogen-bond donors (Lipinski definition) is 4. The minimum absolute atomic E-state index is 0.00501. The maximum Gasteiger partial charge on any atom is 0.227 e. The third-order valence-electron chi connectivity index (χ3n) is 7.53. The van der Waals surface area contributed by atoms with Gasteiger partial charge in [-0.2, -0.15) is 0 Å². The van der Waals surface area contributed by atoms with E-state index in [9.17, 15) is 9.18 Å². The molecule has 0 unspecified atom stereocenters. The van der Waals surface area contributed by atoms with Crippen LogP contribution in [0.1, 0.15) is 24.2 Å². The number of aromatic nitrogens is 4. The Morgan fingerprint density at radius 1 is 1.05 bits per heavy atom. The van der Waals surface area contributed by atoms with Crippen molar-refractivity contribution >= 4 is 34.2 Å². The molecular weight excluding hydrogens is 519 g/mol. The number of halogens is 1. The van der Waals surface area contributed by atoms with Gasteiger partial charge in [0.15, 0.2) is 5.82 Å². The van der Waals surface area contributed by atoms with Crippen molar-refractivity contribution in [2.24, 2.45) is 5.92 Å². The fraction of sp³-hybridized carbons (Fsp3) is 0.194. The number of pyridine rings is 2. The Morgan fingerprint density at radius 2 is 1.80 bits per heavy atom. The number of anilines is 2. The Bertz CT molecular complexity index is 1770. The average molecular weight is 549 g/mol. The second-order valence-corrected chi connectivity index (χ2v) is 10.3. The number of nitrogens with zero attached hydrogens (tertiary/aromatic N) is 4. The van der Waals surface area contributed by atoms with Crippen LogP contribution in [0.15, 0.2) is 73.2 Å². The number of hydrogen-bond acceptors (Lipinski definition) is 7. The van der Waals surface area contributed by atoms with Gasteiger partial charge >= 0.3 is 0 Å². The molecule has 0 atom stereocenters. The number of carbonyl (C=O) groups is 1. The maximum absolute atomic E-state index is 14.6. The van der Waals surface area contributed by atoms with Gasteiger partial charge in [-0.3, -0.25) is 15.2 Å². The van der Waals surface area contributed by atoms with Crippen molar-refractivity contribution in [3.8, 4) is 22.3 Å². The lowest BCUT2D eigenvalue weighted by Gasteiger charge is -2.28. The summed E-state index contributed by atoms with van der Waals surface area (Å²) in [6.07, 6.45) is 6.55. The molecule has 5 aromatic rings. The Kier molecular flexibility index (Phi) is 6.98. The summed E-state index contributed by atoms with van der Waals surface area (Å²) in [6.45, 7) is 1.80. The summed E-state index contributed by atoms with van der Waals surface area (Å²) in [5.74, 6) is 0.0801. The number of aromatic amines is 1. The molecule has 0 radical (unpaired) electrons. The molecule has 9 nitrogen and oxygen atoms in total. The number of nitrogens with one attached hydrogen (secondary N) is 3. The first-order valence-corrected chi connectivity index (χ1v) is 13.4. The van der Waals surface area contributed by atoms with Crippen molar-refractivity contribution in [1.29, 1.82) is 5.41 Å². The van der Waals surface area contributed by atoms with Gasteiger partial charge in [0.1, 0.15) is 17.3 Å². The van der Waals surface area contributed by atoms with Crippen molar-refractivity contribution in [3.63, 3.8) is 0 Å². The Labute approximate surface area is 236 Å². The number of carbonyl (C=O) groups excluding carboxylic acids is 1. The molecule has 4 heterocycles. The number of piperidine rings is 1. The van der Waals surface area contributed by atoms with Crippen LogP contribution in [0.3, 0.4) is 0 Å². The predicted molar refractivity (Wildman–Crippen MR) is 158 cm³/mol. The van der Waals surface area contributed by atoms with Crippen LogP contribution in [0.2, 0.25) is 0 Å². The van der Waals surface area contributed by atoms with E-state index in [1.807, 2.05) is 18.2 Å². The third kappa shape index (κ3) is 5.29. The number of rotatable bonds is 6. The summed E-state index contributed by atoms with van der Waals surface area (Å²) in [6, 6.07) is 15.6. The van der Waals surface area contributed by atoms with Crippen molar-refractivity contribution in [3.05, 3.63) is 90.4 Å². The van der Waals surface area contributed by atoms with Crippen molar-refractivity contribution in [2.75, 3.05) is 31.2 Å². The molecule has 1 fully saturated rings. The lowest BCUT2D eigenvalue weighted by atomic mass is 9.96. The van der Waals surface area contributed by atoms with Crippen LogP contribution in [0.25, 0.3) is 33.3 Å². The van der Waals surface area contributed by atoms with E-state index in [0.29, 0.717) is 39.0 Å². The molecular formula is C31H29FN8O. The van der Waals surface area contributed by atoms with Crippen LogP contribution in [-0.2, 0) is 4.79 Å². The number of benzene rings is 2. The first-order chi connectivity index (χ1) is 19.9. The van der Waals surface area contributed by atoms with E-state index in [0.717, 1.165) is 31.5 Å². The number of H-pyrrole nitrogens is 1. The summed E-state index contributed by atoms with van der Waals surface area (Å²) in [4.78, 5) is 31.5. The monoisotopic (exact) mass is 548 g/mol. The second kappa shape index (κ2) is 10.9. The molecule has 0 spiro atoms. The molecule has 5 N–H and O–H groups in total. The van der Waals surface area contributed by atoms with Crippen molar-refractivity contribution in [2.45, 2.75) is 12.8 Å². The minimum atomic E-state index is -0.348. The maximum atomic E-state index is 14.6. The first-order valence-electron chi connectivity index (χ1n) is 13.4. The van der Waals surface area contributed by atoms with Gasteiger partial charge < -0.3 is 20.9 Å². The second-order valence-electron chi connectivity index (χ2n) is 10.3. The molecule has 2 aromatic carbocycles. The van der Waals surface area contributed by atoms with Gasteiger partial charge in [-0.25, -0.2) is 14.4 Å². The van der Waals surface area contributed by atoms with E-state index < -0.39 is 0 Å². The number of likely N-dealkylation sites (tertiary alicyclic amines) is 1. The first kappa shape index (κ1) is 26.3. The van der Waals surface area contributed by atoms with E-state index >= 15 is 0 Å². The van der Waals surface area contributed by atoms with Gasteiger partial charge in [0.2, 0.25) is 5.91 Å². The SMILES string of the molecule is CN1CCC(C(=O)Nc2cncc(-c3cnc(N)c(C(=N)c4nc5c(-c6ccccc6F)cccc5[nH]4)c3)c2)CC1. The zero-order valence-electron chi connectivity index (χ0n) is 22.5. The summed E-state index contributed by atoms with van der Waals surface area (Å²) >= 11 is 0. The van der Waals surface area contributed by atoms with Gasteiger partial charge in [0.25, 0.3) is 0 Å². The van der Waals surface area contributed by atoms with Gasteiger partial charge in [0.05, 0.1) is 22.9 Å². The van der Waals surface area contributed by atoms with Crippen LogP contribution in [0.5, 0.6) is 0 Å². The van der Waals surface area contributed by atoms with Crippen molar-refractivity contribution < 1.29 is 9.18 Å². The molecule has 41 heavy (non-hydrogen) atoms. The number of nitrogen functional groups attached to an aromatic ring is 1. The molecule has 6 rings (SSSR count). The number of imidazole rings is 1. The summed E-state index contributed by atoms with van der Waals surface area (Å²) in [5, 5.41) is 11.9. The van der Waals surface area contributed by atoms with Gasteiger partial charge in [-0.15, -0.1) is 0 Å². The van der Waals surface area contributed by atoms with Crippen LogP contribution in [0, 0.1) is 17.1 Å². The van der Waals surface area contributed by atoms with Gasteiger partial charge in [-0.1, -0.05) is 30.3 Å². The highest BCUT2D eigenvalue weighted by Crippen LogP contribution is 2.31. The van der Waals surface area contributed by atoms with E-state index in [1.165, 1.54) is 6.07 Å². The minimum Gasteiger partial charge on any atom is -0.383 e. The summed E-state index contributed by atoms with van der Waals surface area (Å²) < 4.78 is 14.6. The zero-order valence-corrected chi connectivity index (χ0v) is 22.5. The van der Waals surface area contributed by atoms with Crippen LogP contribution < -0.4 is 11.1 Å². The smallest absolute Gasteiger partial charge is 0.227 e. The highest BCUT2D eigenvalue weighted by atomic mass is 19.1. The zero-order chi connectivity index (χ0) is 28.5. The Morgan fingerprint density at radius 3 is 2.61 bits per heavy atom. The number of amides is 1. The van der Waals surface area contributed by atoms with Crippen LogP contribution in [-0.4, -0.2) is 56.6 Å². The molecule has 1 amide bonds. The number of para-hydroxylation sites is 1. The molecule has 0 saturated carbocycles. The van der Waals surface area contributed by atoms with E-state index in [-0.39, 0.29) is 35.0 Å². The topological polar surface area (TPSA) is 137 Å². The summed E-state index contributed by atoms with van der Waals surface area (Å²) in [5.41, 5.74) is 10.9. The summed E-state index contributed by atoms with van der Waals surface area (Å²) in [7, 11) is 2.06. The average Bonchev–Trinajstić information content (AvgIpc) is 3.43. The molecule has 10 heteroatoms. The van der Waals surface area contributed by atoms with E-state index in [4.69, 9.17) is 11.1 Å². The number of nitrogens with two attached hydrogens (primary N) is 1. The fourth-order valence-corrected chi connectivity index (χ4v) is 5.19. The molecule has 0 bridgehead atoms. The molecule has 1 saturated heterocycles. The largest absolute Gasteiger partial charge is 0.383 e. The third-order valence-corrected chi connectivity index (χ3v) is 7.53. The standard InChI is InChI=1S/C31H29FN8O/c1-40-11-9-18(10-12-40)31(41)37-21-13-19(15-35-17-21)20-14-24(29(34)36-16-20)27(33)30-38-26-8-4-6-23(28(26)39-30)22-5-2-3-7-25(22)32/h2-8,13-18,33H,9-12H2,1H3,(H2,34,36)(H,37,41)(H,38,39). The molecule has 3 aromatic heterocycles. The quantitative estimate of drug-likeness (QED) is 0.218. The van der Waals surface area contributed by atoms with Crippen LogP contribution >= 0.6 is 0 Å². The Hall–Kier alpha value is -4.96. The fourth-order valence-electron chi connectivity index (χ4n) is 5.19. The lowest BCUT2D eigenvalue weighted by molar-refractivity contribution is -0.121. The van der Waals surface area contributed by atoms with E-state index in [2.05, 4.69) is 37.2 Å². The highest BCUT2D eigenvalue weighted by Gasteiger charge is 2.24. The molecule has 1 aliphatic heterocycles. The molecule has 0 aliphatic carbocycles. The molecule has 206 valence electrons. The van der Waals surface area contributed by atoms with Crippen molar-refractivity contribution in [1.82, 2.24) is 24.8 Å². The predicted octanol–water partition coefficient (Wildman–Crippen LogP) is 5.10. The highest BCUT2D eigenvalue weighted by molar-refractivity contribution is 6.13. The number of fused-ring (bicyclic) bond motifs is 1. The van der Waals surface area contributed by atoms with Gasteiger partial charge in [-0.05, 0) is 57.2 Å². The normalized spacial score (nSPS) is 14.3. The van der Waals surface area contributed by atoms with Crippen LogP contribution in [0.4, 0.5) is 15.9 Å². The Balaban J connectivity index is 1.28.